The Labute approximate surface area is 143 Å². The summed E-state index contributed by atoms with van der Waals surface area (Å²) in [6.45, 7) is 3.67. The van der Waals surface area contributed by atoms with Crippen molar-refractivity contribution in [3.8, 4) is 0 Å². The predicted molar refractivity (Wildman–Crippen MR) is 95.1 cm³/mol. The van der Waals surface area contributed by atoms with Crippen molar-refractivity contribution < 1.29 is 4.79 Å². The maximum absolute atomic E-state index is 12.8. The zero-order valence-corrected chi connectivity index (χ0v) is 14.2. The molecule has 1 fully saturated rings. The number of amides is 1. The molecule has 1 heterocycles. The SMILES string of the molecule is Cc1ccc(C(=O)N2CCCCC(c3ccc(Cl)cc3)C2)cc1. The van der Waals surface area contributed by atoms with Gasteiger partial charge in [-0.2, -0.15) is 0 Å². The van der Waals surface area contributed by atoms with Crippen LogP contribution in [0.25, 0.3) is 0 Å². The van der Waals surface area contributed by atoms with E-state index in [1.807, 2.05) is 48.2 Å². The Morgan fingerprint density at radius 2 is 1.74 bits per heavy atom. The molecule has 3 heteroatoms. The first kappa shape index (κ1) is 16.1. The van der Waals surface area contributed by atoms with Gasteiger partial charge in [0.15, 0.2) is 0 Å². The molecule has 1 amide bonds. The minimum Gasteiger partial charge on any atom is -0.338 e. The Hall–Kier alpha value is -1.80. The van der Waals surface area contributed by atoms with Gasteiger partial charge in [-0.1, -0.05) is 47.9 Å². The van der Waals surface area contributed by atoms with Crippen molar-refractivity contribution >= 4 is 17.5 Å². The summed E-state index contributed by atoms with van der Waals surface area (Å²) in [6, 6.07) is 15.9. The highest BCUT2D eigenvalue weighted by Crippen LogP contribution is 2.28. The van der Waals surface area contributed by atoms with E-state index >= 15 is 0 Å². The lowest BCUT2D eigenvalue weighted by molar-refractivity contribution is 0.0754. The van der Waals surface area contributed by atoms with Crippen LogP contribution in [0.15, 0.2) is 48.5 Å². The van der Waals surface area contributed by atoms with E-state index in [0.717, 1.165) is 42.9 Å². The average molecular weight is 328 g/mol. The fourth-order valence-corrected chi connectivity index (χ4v) is 3.34. The van der Waals surface area contributed by atoms with Gasteiger partial charge in [0.25, 0.3) is 5.91 Å². The number of hydrogen-bond donors (Lipinski definition) is 0. The number of aryl methyl sites for hydroxylation is 1. The molecule has 0 aromatic heterocycles. The van der Waals surface area contributed by atoms with Crippen molar-refractivity contribution in [3.05, 3.63) is 70.2 Å². The Bertz CT molecular complexity index is 663. The molecule has 2 aromatic rings. The average Bonchev–Trinajstić information content (AvgIpc) is 2.82. The van der Waals surface area contributed by atoms with Crippen LogP contribution in [0, 0.1) is 6.92 Å². The summed E-state index contributed by atoms with van der Waals surface area (Å²) in [5, 5.41) is 0.759. The summed E-state index contributed by atoms with van der Waals surface area (Å²) >= 11 is 5.99. The first-order valence-corrected chi connectivity index (χ1v) is 8.63. The molecular formula is C20H22ClNO. The van der Waals surface area contributed by atoms with Crippen molar-refractivity contribution in [3.63, 3.8) is 0 Å². The zero-order valence-electron chi connectivity index (χ0n) is 13.5. The molecule has 3 rings (SSSR count). The summed E-state index contributed by atoms with van der Waals surface area (Å²) in [5.41, 5.74) is 3.24. The fraction of sp³-hybridized carbons (Fsp3) is 0.350. The maximum Gasteiger partial charge on any atom is 0.253 e. The quantitative estimate of drug-likeness (QED) is 0.755. The molecule has 0 saturated carbocycles. The van der Waals surface area contributed by atoms with Gasteiger partial charge in [-0.3, -0.25) is 4.79 Å². The molecule has 1 saturated heterocycles. The van der Waals surface area contributed by atoms with Crippen molar-refractivity contribution in [2.75, 3.05) is 13.1 Å². The van der Waals surface area contributed by atoms with Crippen LogP contribution in [-0.2, 0) is 0 Å². The summed E-state index contributed by atoms with van der Waals surface area (Å²) in [7, 11) is 0. The second-order valence-corrected chi connectivity index (χ2v) is 6.80. The molecule has 1 unspecified atom stereocenters. The van der Waals surface area contributed by atoms with E-state index in [4.69, 9.17) is 11.6 Å². The molecular weight excluding hydrogens is 306 g/mol. The number of halogens is 1. The number of hydrogen-bond acceptors (Lipinski definition) is 1. The van der Waals surface area contributed by atoms with E-state index in [2.05, 4.69) is 12.1 Å². The highest BCUT2D eigenvalue weighted by Gasteiger charge is 2.23. The van der Waals surface area contributed by atoms with Crippen LogP contribution in [0.1, 0.15) is 46.7 Å². The zero-order chi connectivity index (χ0) is 16.2. The molecule has 2 aromatic carbocycles. The van der Waals surface area contributed by atoms with Crippen molar-refractivity contribution in [1.29, 1.82) is 0 Å². The van der Waals surface area contributed by atoms with Gasteiger partial charge in [-0.15, -0.1) is 0 Å². The lowest BCUT2D eigenvalue weighted by atomic mass is 9.94. The van der Waals surface area contributed by atoms with Crippen LogP contribution in [0.2, 0.25) is 5.02 Å². The first-order valence-electron chi connectivity index (χ1n) is 8.25. The van der Waals surface area contributed by atoms with E-state index in [9.17, 15) is 4.79 Å². The lowest BCUT2D eigenvalue weighted by Crippen LogP contribution is -2.34. The van der Waals surface area contributed by atoms with Gasteiger partial charge in [0.1, 0.15) is 0 Å². The number of carbonyl (C=O) groups is 1. The molecule has 23 heavy (non-hydrogen) atoms. The maximum atomic E-state index is 12.8. The first-order chi connectivity index (χ1) is 11.1. The van der Waals surface area contributed by atoms with Crippen LogP contribution in [0.5, 0.6) is 0 Å². The van der Waals surface area contributed by atoms with Crippen LogP contribution in [-0.4, -0.2) is 23.9 Å². The number of likely N-dealkylation sites (tertiary alicyclic amines) is 1. The third-order valence-corrected chi connectivity index (χ3v) is 4.85. The topological polar surface area (TPSA) is 20.3 Å². The molecule has 1 atom stereocenters. The molecule has 120 valence electrons. The normalized spacial score (nSPS) is 18.5. The van der Waals surface area contributed by atoms with Gasteiger partial charge in [0, 0.05) is 29.6 Å². The van der Waals surface area contributed by atoms with Crippen molar-refractivity contribution in [2.24, 2.45) is 0 Å². The smallest absolute Gasteiger partial charge is 0.253 e. The largest absolute Gasteiger partial charge is 0.338 e. The van der Waals surface area contributed by atoms with Crippen LogP contribution in [0.4, 0.5) is 0 Å². The van der Waals surface area contributed by atoms with Gasteiger partial charge < -0.3 is 4.90 Å². The van der Waals surface area contributed by atoms with E-state index in [0.29, 0.717) is 5.92 Å². The van der Waals surface area contributed by atoms with E-state index < -0.39 is 0 Å². The second-order valence-electron chi connectivity index (χ2n) is 6.36. The standard InChI is InChI=1S/C20H22ClNO/c1-15-5-7-17(8-6-15)20(23)22-13-3-2-4-18(14-22)16-9-11-19(21)12-10-16/h5-12,18H,2-4,13-14H2,1H3. The van der Waals surface area contributed by atoms with Crippen molar-refractivity contribution in [2.45, 2.75) is 32.1 Å². The number of nitrogens with zero attached hydrogens (tertiary/aromatic N) is 1. The van der Waals surface area contributed by atoms with Crippen molar-refractivity contribution in [1.82, 2.24) is 4.90 Å². The minimum atomic E-state index is 0.144. The van der Waals surface area contributed by atoms with Crippen LogP contribution < -0.4 is 0 Å². The monoisotopic (exact) mass is 327 g/mol. The van der Waals surface area contributed by atoms with Gasteiger partial charge in [0.05, 0.1) is 0 Å². The van der Waals surface area contributed by atoms with E-state index in [1.54, 1.807) is 0 Å². The van der Waals surface area contributed by atoms with Gasteiger partial charge >= 0.3 is 0 Å². The summed E-state index contributed by atoms with van der Waals surface area (Å²) in [5.74, 6) is 0.537. The highest BCUT2D eigenvalue weighted by molar-refractivity contribution is 6.30. The molecule has 0 radical (unpaired) electrons. The van der Waals surface area contributed by atoms with Crippen LogP contribution >= 0.6 is 11.6 Å². The molecule has 2 nitrogen and oxygen atoms in total. The Balaban J connectivity index is 1.77. The molecule has 1 aliphatic heterocycles. The third-order valence-electron chi connectivity index (χ3n) is 4.60. The predicted octanol–water partition coefficient (Wildman–Crippen LogP) is 5.06. The summed E-state index contributed by atoms with van der Waals surface area (Å²) in [4.78, 5) is 14.8. The van der Waals surface area contributed by atoms with Gasteiger partial charge in [-0.25, -0.2) is 0 Å². The van der Waals surface area contributed by atoms with Gasteiger partial charge in [0.2, 0.25) is 0 Å². The number of rotatable bonds is 2. The minimum absolute atomic E-state index is 0.144. The Kier molecular flexibility index (Phi) is 5.02. The van der Waals surface area contributed by atoms with E-state index in [1.165, 1.54) is 11.1 Å². The number of benzene rings is 2. The van der Waals surface area contributed by atoms with Crippen LogP contribution in [0.3, 0.4) is 0 Å². The van der Waals surface area contributed by atoms with E-state index in [-0.39, 0.29) is 5.91 Å². The molecule has 1 aliphatic rings. The summed E-state index contributed by atoms with van der Waals surface area (Å²) in [6.07, 6.45) is 3.35. The summed E-state index contributed by atoms with van der Waals surface area (Å²) < 4.78 is 0. The third kappa shape index (κ3) is 3.94. The Morgan fingerprint density at radius 3 is 2.43 bits per heavy atom. The number of carbonyl (C=O) groups excluding carboxylic acids is 1. The highest BCUT2D eigenvalue weighted by atomic mass is 35.5. The molecule has 0 bridgehead atoms. The fourth-order valence-electron chi connectivity index (χ4n) is 3.21. The second kappa shape index (κ2) is 7.18. The molecule has 0 spiro atoms. The molecule has 0 N–H and O–H groups in total. The lowest BCUT2D eigenvalue weighted by Gasteiger charge is -2.25. The Morgan fingerprint density at radius 1 is 1.04 bits per heavy atom. The van der Waals surface area contributed by atoms with Gasteiger partial charge in [-0.05, 0) is 49.6 Å². The molecule has 0 aliphatic carbocycles.